The maximum Gasteiger partial charge on any atom is 0.163 e. The highest BCUT2D eigenvalue weighted by atomic mass is 15.1. The highest BCUT2D eigenvalue weighted by molar-refractivity contribution is 5.60. The number of pyridine rings is 1. The van der Waals surface area contributed by atoms with Gasteiger partial charge in [-0.2, -0.15) is 0 Å². The molecule has 3 heterocycles. The molecule has 1 aromatic carbocycles. The molecule has 0 radical (unpaired) electrons. The molecule has 1 aliphatic carbocycles. The minimum atomic E-state index is 0.318. The van der Waals surface area contributed by atoms with E-state index < -0.39 is 0 Å². The quantitative estimate of drug-likeness (QED) is 0.753. The summed E-state index contributed by atoms with van der Waals surface area (Å²) in [6, 6.07) is 13.0. The van der Waals surface area contributed by atoms with Gasteiger partial charge in [-0.3, -0.25) is 4.98 Å². The number of aromatic nitrogens is 3. The third kappa shape index (κ3) is 3.19. The molecular weight excluding hydrogens is 334 g/mol. The molecule has 2 N–H and O–H groups in total. The van der Waals surface area contributed by atoms with Gasteiger partial charge in [-0.1, -0.05) is 24.3 Å². The second-order valence-corrected chi connectivity index (χ2v) is 7.25. The Morgan fingerprint density at radius 2 is 1.89 bits per heavy atom. The fraction of sp³-hybridized carbons (Fsp3) is 0.318. The lowest BCUT2D eigenvalue weighted by molar-refractivity contribution is 0.708. The minimum Gasteiger partial charge on any atom is -0.363 e. The van der Waals surface area contributed by atoms with Crippen molar-refractivity contribution < 1.29 is 0 Å². The zero-order valence-electron chi connectivity index (χ0n) is 15.3. The van der Waals surface area contributed by atoms with Crippen molar-refractivity contribution in [3.05, 3.63) is 71.2 Å². The second kappa shape index (κ2) is 7.08. The third-order valence-electron chi connectivity index (χ3n) is 5.55. The molecule has 1 atom stereocenters. The Morgan fingerprint density at radius 3 is 2.81 bits per heavy atom. The summed E-state index contributed by atoms with van der Waals surface area (Å²) in [7, 11) is 0. The summed E-state index contributed by atoms with van der Waals surface area (Å²) >= 11 is 0. The van der Waals surface area contributed by atoms with Crippen LogP contribution < -0.4 is 10.6 Å². The van der Waals surface area contributed by atoms with Gasteiger partial charge in [0, 0.05) is 36.5 Å². The van der Waals surface area contributed by atoms with E-state index in [0.717, 1.165) is 61.7 Å². The molecule has 0 bridgehead atoms. The molecule has 0 spiro atoms. The molecule has 2 aromatic heterocycles. The summed E-state index contributed by atoms with van der Waals surface area (Å²) in [5.41, 5.74) is 6.23. The second-order valence-electron chi connectivity index (χ2n) is 7.25. The highest BCUT2D eigenvalue weighted by Gasteiger charge is 2.25. The highest BCUT2D eigenvalue weighted by Crippen LogP contribution is 2.35. The van der Waals surface area contributed by atoms with E-state index in [2.05, 4.69) is 39.9 Å². The Morgan fingerprint density at radius 1 is 0.963 bits per heavy atom. The molecule has 1 aliphatic heterocycles. The van der Waals surface area contributed by atoms with Gasteiger partial charge in [0.15, 0.2) is 5.82 Å². The molecule has 136 valence electrons. The zero-order chi connectivity index (χ0) is 18.1. The number of hydrogen-bond acceptors (Lipinski definition) is 5. The summed E-state index contributed by atoms with van der Waals surface area (Å²) in [6.45, 7) is 1.93. The predicted octanol–water partition coefficient (Wildman–Crippen LogP) is 3.33. The number of hydrogen-bond donors (Lipinski definition) is 2. The van der Waals surface area contributed by atoms with Gasteiger partial charge in [0.1, 0.15) is 5.82 Å². The van der Waals surface area contributed by atoms with Gasteiger partial charge in [0.25, 0.3) is 0 Å². The number of nitrogens with zero attached hydrogens (tertiary/aromatic N) is 3. The van der Waals surface area contributed by atoms with E-state index in [-0.39, 0.29) is 0 Å². The lowest BCUT2D eigenvalue weighted by Crippen LogP contribution is -2.16. The van der Waals surface area contributed by atoms with E-state index in [9.17, 15) is 0 Å². The van der Waals surface area contributed by atoms with Crippen LogP contribution in [0.5, 0.6) is 0 Å². The zero-order valence-corrected chi connectivity index (χ0v) is 15.3. The van der Waals surface area contributed by atoms with Crippen molar-refractivity contribution in [1.29, 1.82) is 0 Å². The van der Waals surface area contributed by atoms with Gasteiger partial charge in [-0.15, -0.1) is 0 Å². The molecule has 5 nitrogen and oxygen atoms in total. The largest absolute Gasteiger partial charge is 0.363 e. The van der Waals surface area contributed by atoms with Gasteiger partial charge < -0.3 is 10.6 Å². The summed E-state index contributed by atoms with van der Waals surface area (Å²) in [5.74, 6) is 1.75. The van der Waals surface area contributed by atoms with Crippen LogP contribution >= 0.6 is 0 Å². The van der Waals surface area contributed by atoms with Crippen LogP contribution in [0.3, 0.4) is 0 Å². The summed E-state index contributed by atoms with van der Waals surface area (Å²) in [4.78, 5) is 14.1. The Kier molecular flexibility index (Phi) is 4.30. The number of aryl methyl sites for hydroxylation is 1. The van der Waals surface area contributed by atoms with E-state index in [0.29, 0.717) is 6.04 Å². The van der Waals surface area contributed by atoms with E-state index >= 15 is 0 Å². The van der Waals surface area contributed by atoms with Crippen LogP contribution in [0.25, 0.3) is 11.4 Å². The van der Waals surface area contributed by atoms with Crippen molar-refractivity contribution in [1.82, 2.24) is 20.3 Å². The van der Waals surface area contributed by atoms with Crippen molar-refractivity contribution in [2.75, 3.05) is 18.4 Å². The fourth-order valence-electron chi connectivity index (χ4n) is 4.16. The van der Waals surface area contributed by atoms with E-state index in [4.69, 9.17) is 9.97 Å². The standard InChI is InChI=1S/C22H23N5/c1-2-6-17-15(4-1)7-8-19(17)26-22-18-9-12-23-13-10-20(18)25-21(27-22)16-5-3-11-24-14-16/h1-6,11,14,19,23H,7-10,12-13H2,(H,25,26,27)/t19-/m1/s1. The minimum absolute atomic E-state index is 0.318. The smallest absolute Gasteiger partial charge is 0.163 e. The topological polar surface area (TPSA) is 62.7 Å². The predicted molar refractivity (Wildman–Crippen MR) is 107 cm³/mol. The summed E-state index contributed by atoms with van der Waals surface area (Å²) < 4.78 is 0. The number of nitrogens with one attached hydrogen (secondary N) is 2. The Balaban J connectivity index is 1.56. The number of benzene rings is 1. The lowest BCUT2D eigenvalue weighted by Gasteiger charge is -2.19. The number of anilines is 1. The van der Waals surface area contributed by atoms with Crippen molar-refractivity contribution in [3.63, 3.8) is 0 Å². The molecule has 0 saturated heterocycles. The van der Waals surface area contributed by atoms with Crippen molar-refractivity contribution in [3.8, 4) is 11.4 Å². The molecule has 5 rings (SSSR count). The Bertz CT molecular complexity index is 954. The number of rotatable bonds is 3. The molecule has 5 heteroatoms. The van der Waals surface area contributed by atoms with Gasteiger partial charge in [0.05, 0.1) is 11.7 Å². The van der Waals surface area contributed by atoms with Gasteiger partial charge >= 0.3 is 0 Å². The van der Waals surface area contributed by atoms with Gasteiger partial charge in [0.2, 0.25) is 0 Å². The van der Waals surface area contributed by atoms with E-state index in [1.165, 1.54) is 16.7 Å². The Hall–Kier alpha value is -2.79. The van der Waals surface area contributed by atoms with Crippen LogP contribution in [0, 0.1) is 0 Å². The van der Waals surface area contributed by atoms with E-state index in [1.807, 2.05) is 18.3 Å². The average Bonchev–Trinajstić information content (AvgIpc) is 2.96. The molecule has 0 saturated carbocycles. The molecular formula is C22H23N5. The maximum atomic E-state index is 4.94. The first-order valence-corrected chi connectivity index (χ1v) is 9.74. The average molecular weight is 357 g/mol. The van der Waals surface area contributed by atoms with Gasteiger partial charge in [-0.05, 0) is 49.1 Å². The van der Waals surface area contributed by atoms with Crippen LogP contribution in [-0.4, -0.2) is 28.0 Å². The first-order chi connectivity index (χ1) is 13.4. The first-order valence-electron chi connectivity index (χ1n) is 9.74. The summed E-state index contributed by atoms with van der Waals surface area (Å²) in [6.07, 6.45) is 7.74. The van der Waals surface area contributed by atoms with E-state index in [1.54, 1.807) is 6.20 Å². The molecule has 0 unspecified atom stereocenters. The SMILES string of the molecule is c1cncc(-c2nc3c(c(N[C@@H]4CCc5ccccc54)n2)CCNCC3)c1. The molecule has 27 heavy (non-hydrogen) atoms. The van der Waals surface area contributed by atoms with Crippen LogP contribution in [0.2, 0.25) is 0 Å². The van der Waals surface area contributed by atoms with Crippen molar-refractivity contribution >= 4 is 5.82 Å². The van der Waals surface area contributed by atoms with Crippen LogP contribution in [0.1, 0.15) is 34.8 Å². The van der Waals surface area contributed by atoms with Crippen molar-refractivity contribution in [2.45, 2.75) is 31.7 Å². The normalized spacial score (nSPS) is 18.4. The third-order valence-corrected chi connectivity index (χ3v) is 5.55. The molecule has 0 amide bonds. The lowest BCUT2D eigenvalue weighted by atomic mass is 10.1. The molecule has 2 aliphatic rings. The Labute approximate surface area is 159 Å². The van der Waals surface area contributed by atoms with Crippen molar-refractivity contribution in [2.24, 2.45) is 0 Å². The fourth-order valence-corrected chi connectivity index (χ4v) is 4.16. The summed E-state index contributed by atoms with van der Waals surface area (Å²) in [5, 5.41) is 7.25. The van der Waals surface area contributed by atoms with Crippen LogP contribution in [0.4, 0.5) is 5.82 Å². The van der Waals surface area contributed by atoms with Gasteiger partial charge in [-0.25, -0.2) is 9.97 Å². The number of fused-ring (bicyclic) bond motifs is 2. The van der Waals surface area contributed by atoms with Crippen LogP contribution in [-0.2, 0) is 19.3 Å². The molecule has 3 aromatic rings. The van der Waals surface area contributed by atoms with Crippen LogP contribution in [0.15, 0.2) is 48.8 Å². The monoisotopic (exact) mass is 357 g/mol. The molecule has 0 fully saturated rings. The first kappa shape index (κ1) is 16.4. The maximum absolute atomic E-state index is 4.94.